The summed E-state index contributed by atoms with van der Waals surface area (Å²) in [5.74, 6) is 0.362. The number of aliphatic hydroxyl groups excluding tert-OH is 2. The molecule has 110 valence electrons. The van der Waals surface area contributed by atoms with Crippen LogP contribution in [0.25, 0.3) is 0 Å². The van der Waals surface area contributed by atoms with Crippen LogP contribution < -0.4 is 5.32 Å². The molecule has 4 nitrogen and oxygen atoms in total. The van der Waals surface area contributed by atoms with Crippen LogP contribution in [0.15, 0.2) is 17.5 Å². The normalized spacial score (nSPS) is 14.5. The molecule has 0 saturated carbocycles. The summed E-state index contributed by atoms with van der Waals surface area (Å²) >= 11 is 1.66. The highest BCUT2D eigenvalue weighted by molar-refractivity contribution is 7.09. The molecule has 3 N–H and O–H groups in total. The third-order valence-electron chi connectivity index (χ3n) is 2.88. The van der Waals surface area contributed by atoms with E-state index in [9.17, 15) is 5.11 Å². The van der Waals surface area contributed by atoms with E-state index >= 15 is 0 Å². The van der Waals surface area contributed by atoms with Gasteiger partial charge < -0.3 is 20.3 Å². The second-order valence-corrected chi connectivity index (χ2v) is 5.91. The third kappa shape index (κ3) is 8.34. The van der Waals surface area contributed by atoms with Crippen LogP contribution in [0.4, 0.5) is 0 Å². The number of aliphatic hydroxyl groups is 2. The number of hydrogen-bond acceptors (Lipinski definition) is 5. The van der Waals surface area contributed by atoms with Gasteiger partial charge >= 0.3 is 0 Å². The molecule has 0 aliphatic heterocycles. The summed E-state index contributed by atoms with van der Waals surface area (Å²) in [6.07, 6.45) is 1.56. The van der Waals surface area contributed by atoms with E-state index in [0.717, 1.165) is 19.4 Å². The Kier molecular flexibility index (Phi) is 9.03. The lowest BCUT2D eigenvalue weighted by molar-refractivity contribution is 0.0299. The van der Waals surface area contributed by atoms with Crippen molar-refractivity contribution in [1.82, 2.24) is 5.32 Å². The van der Waals surface area contributed by atoms with Crippen molar-refractivity contribution >= 4 is 11.3 Å². The first kappa shape index (κ1) is 16.6. The molecule has 0 radical (unpaired) electrons. The van der Waals surface area contributed by atoms with Gasteiger partial charge in [0.1, 0.15) is 0 Å². The van der Waals surface area contributed by atoms with Crippen LogP contribution in [-0.4, -0.2) is 42.6 Å². The summed E-state index contributed by atoms with van der Waals surface area (Å²) in [6, 6.07) is 4.02. The predicted molar refractivity (Wildman–Crippen MR) is 78.3 cm³/mol. The van der Waals surface area contributed by atoms with Gasteiger partial charge in [0.25, 0.3) is 0 Å². The number of rotatable bonds is 11. The highest BCUT2D eigenvalue weighted by Gasteiger charge is 2.05. The van der Waals surface area contributed by atoms with E-state index in [-0.39, 0.29) is 6.61 Å². The van der Waals surface area contributed by atoms with Crippen molar-refractivity contribution in [3.05, 3.63) is 22.4 Å². The molecule has 1 heterocycles. The SMILES string of the molecule is CC(CO)CCCNCC(O)COCc1cccs1. The first-order valence-corrected chi connectivity index (χ1v) is 7.70. The van der Waals surface area contributed by atoms with Gasteiger partial charge in [-0.15, -0.1) is 11.3 Å². The lowest BCUT2D eigenvalue weighted by atomic mass is 10.1. The second-order valence-electron chi connectivity index (χ2n) is 4.88. The first-order valence-electron chi connectivity index (χ1n) is 6.82. The monoisotopic (exact) mass is 287 g/mol. The van der Waals surface area contributed by atoms with Crippen molar-refractivity contribution in [2.45, 2.75) is 32.5 Å². The van der Waals surface area contributed by atoms with E-state index in [1.807, 2.05) is 24.4 Å². The van der Waals surface area contributed by atoms with Crippen LogP contribution in [0, 0.1) is 5.92 Å². The minimum absolute atomic E-state index is 0.249. The molecular formula is C14H25NO3S. The fraction of sp³-hybridized carbons (Fsp3) is 0.714. The van der Waals surface area contributed by atoms with Crippen molar-refractivity contribution in [3.8, 4) is 0 Å². The highest BCUT2D eigenvalue weighted by Crippen LogP contribution is 2.09. The molecule has 1 aromatic rings. The zero-order valence-corrected chi connectivity index (χ0v) is 12.4. The Balaban J connectivity index is 1.91. The number of ether oxygens (including phenoxy) is 1. The zero-order valence-electron chi connectivity index (χ0n) is 11.5. The highest BCUT2D eigenvalue weighted by atomic mass is 32.1. The van der Waals surface area contributed by atoms with Crippen LogP contribution in [0.1, 0.15) is 24.6 Å². The lowest BCUT2D eigenvalue weighted by Gasteiger charge is -2.13. The van der Waals surface area contributed by atoms with E-state index in [1.165, 1.54) is 4.88 Å². The standard InChI is InChI=1S/C14H25NO3S/c1-12(9-16)4-2-6-15-8-13(17)10-18-11-14-5-3-7-19-14/h3,5,7,12-13,15-17H,2,4,6,8-11H2,1H3. The maximum absolute atomic E-state index is 9.71. The van der Waals surface area contributed by atoms with E-state index in [2.05, 4.69) is 5.32 Å². The van der Waals surface area contributed by atoms with Crippen LogP contribution in [0.5, 0.6) is 0 Å². The maximum Gasteiger partial charge on any atom is 0.0897 e. The van der Waals surface area contributed by atoms with Gasteiger partial charge in [-0.3, -0.25) is 0 Å². The van der Waals surface area contributed by atoms with Crippen molar-refractivity contribution in [3.63, 3.8) is 0 Å². The van der Waals surface area contributed by atoms with Gasteiger partial charge in [-0.05, 0) is 36.8 Å². The van der Waals surface area contributed by atoms with Crippen molar-refractivity contribution in [1.29, 1.82) is 0 Å². The third-order valence-corrected chi connectivity index (χ3v) is 3.73. The van der Waals surface area contributed by atoms with Gasteiger partial charge in [0.15, 0.2) is 0 Å². The fourth-order valence-electron chi connectivity index (χ4n) is 1.68. The van der Waals surface area contributed by atoms with E-state index in [1.54, 1.807) is 11.3 Å². The van der Waals surface area contributed by atoms with Gasteiger partial charge in [0, 0.05) is 18.0 Å². The molecule has 2 unspecified atom stereocenters. The first-order chi connectivity index (χ1) is 9.22. The Hall–Kier alpha value is -0.460. The summed E-state index contributed by atoms with van der Waals surface area (Å²) in [5, 5.41) is 23.8. The molecule has 2 atom stereocenters. The Morgan fingerprint density at radius 1 is 1.47 bits per heavy atom. The van der Waals surface area contributed by atoms with Crippen molar-refractivity contribution in [2.75, 3.05) is 26.3 Å². The molecule has 1 aromatic heterocycles. The van der Waals surface area contributed by atoms with Crippen LogP contribution >= 0.6 is 11.3 Å². The Labute approximate surface area is 119 Å². The van der Waals surface area contributed by atoms with Crippen LogP contribution in [-0.2, 0) is 11.3 Å². The largest absolute Gasteiger partial charge is 0.396 e. The molecule has 0 saturated heterocycles. The van der Waals surface area contributed by atoms with Gasteiger partial charge in [0.05, 0.1) is 19.3 Å². The Morgan fingerprint density at radius 3 is 3.00 bits per heavy atom. The van der Waals surface area contributed by atoms with E-state index < -0.39 is 6.10 Å². The van der Waals surface area contributed by atoms with E-state index in [0.29, 0.717) is 25.7 Å². The average Bonchev–Trinajstić information content (AvgIpc) is 2.91. The second kappa shape index (κ2) is 10.3. The summed E-state index contributed by atoms with van der Waals surface area (Å²) in [6.45, 7) is 4.64. The molecule has 0 spiro atoms. The van der Waals surface area contributed by atoms with Gasteiger partial charge in [-0.1, -0.05) is 13.0 Å². The van der Waals surface area contributed by atoms with E-state index in [4.69, 9.17) is 9.84 Å². The average molecular weight is 287 g/mol. The van der Waals surface area contributed by atoms with Gasteiger partial charge in [0.2, 0.25) is 0 Å². The fourth-order valence-corrected chi connectivity index (χ4v) is 2.33. The maximum atomic E-state index is 9.71. The van der Waals surface area contributed by atoms with Crippen molar-refractivity contribution in [2.24, 2.45) is 5.92 Å². The molecule has 1 rings (SSSR count). The van der Waals surface area contributed by atoms with Gasteiger partial charge in [-0.25, -0.2) is 0 Å². The number of nitrogens with one attached hydrogen (secondary N) is 1. The lowest BCUT2D eigenvalue weighted by Crippen LogP contribution is -2.31. The zero-order chi connectivity index (χ0) is 13.9. The van der Waals surface area contributed by atoms with Crippen LogP contribution in [0.2, 0.25) is 0 Å². The molecule has 19 heavy (non-hydrogen) atoms. The Bertz CT molecular complexity index is 306. The molecule has 0 aromatic carbocycles. The number of thiophene rings is 1. The minimum Gasteiger partial charge on any atom is -0.396 e. The molecule has 5 heteroatoms. The molecule has 0 fully saturated rings. The quantitative estimate of drug-likeness (QED) is 0.541. The van der Waals surface area contributed by atoms with Gasteiger partial charge in [-0.2, -0.15) is 0 Å². The smallest absolute Gasteiger partial charge is 0.0897 e. The summed E-state index contributed by atoms with van der Waals surface area (Å²) in [7, 11) is 0. The number of hydrogen-bond donors (Lipinski definition) is 3. The summed E-state index contributed by atoms with van der Waals surface area (Å²) in [4.78, 5) is 1.18. The molecule has 0 bridgehead atoms. The summed E-state index contributed by atoms with van der Waals surface area (Å²) in [5.41, 5.74) is 0. The molecule has 0 amide bonds. The predicted octanol–water partition coefficient (Wildman–Crippen LogP) is 1.62. The topological polar surface area (TPSA) is 61.7 Å². The van der Waals surface area contributed by atoms with Crippen LogP contribution in [0.3, 0.4) is 0 Å². The Morgan fingerprint density at radius 2 is 2.32 bits per heavy atom. The minimum atomic E-state index is -0.463. The molecule has 0 aliphatic rings. The van der Waals surface area contributed by atoms with Crippen molar-refractivity contribution < 1.29 is 14.9 Å². The molecule has 0 aliphatic carbocycles. The molecular weight excluding hydrogens is 262 g/mol. The summed E-state index contributed by atoms with van der Waals surface area (Å²) < 4.78 is 5.44.